The van der Waals surface area contributed by atoms with E-state index in [-0.39, 0.29) is 24.2 Å². The minimum Gasteiger partial charge on any atom is -0.484 e. The first-order valence-corrected chi connectivity index (χ1v) is 7.94. The second kappa shape index (κ2) is 7.61. The molecule has 1 amide bonds. The Kier molecular flexibility index (Phi) is 5.08. The normalized spacial score (nSPS) is 16.5. The van der Waals surface area contributed by atoms with Crippen molar-refractivity contribution in [2.75, 3.05) is 25.0 Å². The number of likely N-dealkylation sites (tertiary alicyclic amines) is 1. The first-order valence-electron chi connectivity index (χ1n) is 7.94. The minimum atomic E-state index is -0.487. The van der Waals surface area contributed by atoms with Crippen LogP contribution in [0.5, 0.6) is 5.75 Å². The fraction of sp³-hybridized carbons (Fsp3) is 0.294. The molecule has 25 heavy (non-hydrogen) atoms. The van der Waals surface area contributed by atoms with Gasteiger partial charge in [-0.25, -0.2) is 4.98 Å². The van der Waals surface area contributed by atoms with Crippen molar-refractivity contribution < 1.29 is 14.5 Å². The summed E-state index contributed by atoms with van der Waals surface area (Å²) in [7, 11) is 0. The summed E-state index contributed by atoms with van der Waals surface area (Å²) in [6.45, 7) is 1.20. The van der Waals surface area contributed by atoms with E-state index in [4.69, 9.17) is 4.74 Å². The summed E-state index contributed by atoms with van der Waals surface area (Å²) in [5.41, 5.74) is -0.0492. The summed E-state index contributed by atoms with van der Waals surface area (Å²) >= 11 is 0. The zero-order valence-corrected chi connectivity index (χ0v) is 13.5. The number of nitrogens with one attached hydrogen (secondary N) is 1. The maximum absolute atomic E-state index is 12.2. The van der Waals surface area contributed by atoms with Gasteiger partial charge in [-0.2, -0.15) is 0 Å². The molecule has 0 saturated carbocycles. The molecule has 1 fully saturated rings. The molecule has 0 bridgehead atoms. The third-order valence-corrected chi connectivity index (χ3v) is 3.96. The molecule has 3 rings (SSSR count). The van der Waals surface area contributed by atoms with Crippen LogP contribution in [0.4, 0.5) is 11.5 Å². The lowest BCUT2D eigenvalue weighted by Crippen LogP contribution is -2.35. The van der Waals surface area contributed by atoms with Gasteiger partial charge in [0.2, 0.25) is 0 Å². The third kappa shape index (κ3) is 4.43. The average molecular weight is 342 g/mol. The lowest BCUT2D eigenvalue weighted by molar-refractivity contribution is -0.385. The molecule has 0 spiro atoms. The quantitative estimate of drug-likeness (QED) is 0.637. The molecule has 8 nitrogen and oxygen atoms in total. The maximum Gasteiger partial charge on any atom is 0.287 e. The zero-order valence-electron chi connectivity index (χ0n) is 13.5. The predicted molar refractivity (Wildman–Crippen MR) is 91.4 cm³/mol. The van der Waals surface area contributed by atoms with Crippen molar-refractivity contribution in [1.82, 2.24) is 9.88 Å². The molecule has 1 saturated heterocycles. The number of hydrogen-bond donors (Lipinski definition) is 1. The van der Waals surface area contributed by atoms with E-state index in [2.05, 4.69) is 10.3 Å². The number of rotatable bonds is 6. The average Bonchev–Trinajstić information content (AvgIpc) is 3.09. The highest BCUT2D eigenvalue weighted by molar-refractivity contribution is 5.78. The van der Waals surface area contributed by atoms with Gasteiger partial charge in [0.05, 0.1) is 4.92 Å². The standard InChI is InChI=1S/C17H18N4O4/c22-17(12-25-15-4-2-1-3-5-15)20-9-8-13(11-20)19-16-7-6-14(10-18-16)21(23)24/h1-7,10,13H,8-9,11-12H2,(H,18,19)/t13-/m0/s1. The van der Waals surface area contributed by atoms with Crippen LogP contribution < -0.4 is 10.1 Å². The van der Waals surface area contributed by atoms with Crippen LogP contribution >= 0.6 is 0 Å². The molecule has 1 aliphatic heterocycles. The van der Waals surface area contributed by atoms with Crippen molar-refractivity contribution in [3.05, 3.63) is 58.8 Å². The van der Waals surface area contributed by atoms with E-state index < -0.39 is 4.92 Å². The largest absolute Gasteiger partial charge is 0.484 e. The summed E-state index contributed by atoms with van der Waals surface area (Å²) < 4.78 is 5.48. The van der Waals surface area contributed by atoms with E-state index in [1.807, 2.05) is 30.3 Å². The van der Waals surface area contributed by atoms with Gasteiger partial charge in [-0.15, -0.1) is 0 Å². The van der Waals surface area contributed by atoms with Gasteiger partial charge < -0.3 is 15.0 Å². The van der Waals surface area contributed by atoms with E-state index in [9.17, 15) is 14.9 Å². The van der Waals surface area contributed by atoms with E-state index >= 15 is 0 Å². The first-order chi connectivity index (χ1) is 12.1. The molecule has 1 aromatic carbocycles. The summed E-state index contributed by atoms with van der Waals surface area (Å²) in [4.78, 5) is 28.1. The van der Waals surface area contributed by atoms with Crippen LogP contribution in [0, 0.1) is 10.1 Å². The number of hydrogen-bond acceptors (Lipinski definition) is 6. The van der Waals surface area contributed by atoms with Crippen LogP contribution in [0.25, 0.3) is 0 Å². The molecular weight excluding hydrogens is 324 g/mol. The summed E-state index contributed by atoms with van der Waals surface area (Å²) in [5, 5.41) is 13.8. The number of aromatic nitrogens is 1. The molecule has 2 heterocycles. The van der Waals surface area contributed by atoms with E-state index in [0.29, 0.717) is 24.7 Å². The predicted octanol–water partition coefficient (Wildman–Crippen LogP) is 2.08. The molecule has 1 N–H and O–H groups in total. The maximum atomic E-state index is 12.2. The SMILES string of the molecule is O=C(COc1ccccc1)N1CC[C@H](Nc2ccc([N+](=O)[O-])cn2)C1. The number of carbonyl (C=O) groups excluding carboxylic acids is 1. The van der Waals surface area contributed by atoms with Gasteiger partial charge in [0, 0.05) is 25.2 Å². The Morgan fingerprint density at radius 1 is 1.32 bits per heavy atom. The van der Waals surface area contributed by atoms with Crippen LogP contribution in [-0.4, -0.2) is 46.5 Å². The van der Waals surface area contributed by atoms with Gasteiger partial charge in [0.25, 0.3) is 11.6 Å². The number of anilines is 1. The molecule has 1 atom stereocenters. The highest BCUT2D eigenvalue weighted by atomic mass is 16.6. The Morgan fingerprint density at radius 2 is 2.12 bits per heavy atom. The molecular formula is C17H18N4O4. The van der Waals surface area contributed by atoms with Crippen LogP contribution in [0.2, 0.25) is 0 Å². The molecule has 0 unspecified atom stereocenters. The Balaban J connectivity index is 1.47. The molecule has 0 aliphatic carbocycles. The van der Waals surface area contributed by atoms with Gasteiger partial charge in [-0.3, -0.25) is 14.9 Å². The van der Waals surface area contributed by atoms with E-state index in [0.717, 1.165) is 6.42 Å². The molecule has 2 aromatic rings. The molecule has 1 aromatic heterocycles. The third-order valence-electron chi connectivity index (χ3n) is 3.96. The van der Waals surface area contributed by atoms with Crippen molar-refractivity contribution >= 4 is 17.4 Å². The Bertz CT molecular complexity index is 736. The van der Waals surface area contributed by atoms with Crippen molar-refractivity contribution in [2.24, 2.45) is 0 Å². The molecule has 1 aliphatic rings. The second-order valence-electron chi connectivity index (χ2n) is 5.73. The number of nitrogens with zero attached hydrogens (tertiary/aromatic N) is 3. The summed E-state index contributed by atoms with van der Waals surface area (Å²) in [6.07, 6.45) is 2.00. The summed E-state index contributed by atoms with van der Waals surface area (Å²) in [5.74, 6) is 1.16. The van der Waals surface area contributed by atoms with E-state index in [1.165, 1.54) is 12.3 Å². The molecule has 0 radical (unpaired) electrons. The van der Waals surface area contributed by atoms with Gasteiger partial charge in [-0.05, 0) is 24.6 Å². The van der Waals surface area contributed by atoms with Crippen LogP contribution in [0.3, 0.4) is 0 Å². The monoisotopic (exact) mass is 342 g/mol. The van der Waals surface area contributed by atoms with Crippen LogP contribution in [0.15, 0.2) is 48.7 Å². The topological polar surface area (TPSA) is 97.6 Å². The number of para-hydroxylation sites is 1. The fourth-order valence-corrected chi connectivity index (χ4v) is 2.65. The van der Waals surface area contributed by atoms with Crippen molar-refractivity contribution in [2.45, 2.75) is 12.5 Å². The van der Waals surface area contributed by atoms with Gasteiger partial charge in [0.15, 0.2) is 6.61 Å². The minimum absolute atomic E-state index is 0.00646. The smallest absolute Gasteiger partial charge is 0.287 e. The highest BCUT2D eigenvalue weighted by Crippen LogP contribution is 2.17. The molecule has 8 heteroatoms. The number of amides is 1. The fourth-order valence-electron chi connectivity index (χ4n) is 2.65. The Morgan fingerprint density at radius 3 is 2.80 bits per heavy atom. The number of benzene rings is 1. The van der Waals surface area contributed by atoms with Gasteiger partial charge in [0.1, 0.15) is 17.8 Å². The van der Waals surface area contributed by atoms with Gasteiger partial charge in [-0.1, -0.05) is 18.2 Å². The second-order valence-corrected chi connectivity index (χ2v) is 5.73. The lowest BCUT2D eigenvalue weighted by atomic mass is 10.2. The van der Waals surface area contributed by atoms with Crippen molar-refractivity contribution in [1.29, 1.82) is 0 Å². The molecule has 130 valence electrons. The van der Waals surface area contributed by atoms with Crippen LogP contribution in [-0.2, 0) is 4.79 Å². The van der Waals surface area contributed by atoms with Crippen molar-refractivity contribution in [3.8, 4) is 5.75 Å². The zero-order chi connectivity index (χ0) is 17.6. The number of pyridine rings is 1. The summed E-state index contributed by atoms with van der Waals surface area (Å²) in [6, 6.07) is 12.2. The Hall–Kier alpha value is -3.16. The van der Waals surface area contributed by atoms with E-state index in [1.54, 1.807) is 11.0 Å². The van der Waals surface area contributed by atoms with Crippen molar-refractivity contribution in [3.63, 3.8) is 0 Å². The lowest BCUT2D eigenvalue weighted by Gasteiger charge is -2.17. The van der Waals surface area contributed by atoms with Crippen LogP contribution in [0.1, 0.15) is 6.42 Å². The van der Waals surface area contributed by atoms with Gasteiger partial charge >= 0.3 is 0 Å². The number of nitro groups is 1. The Labute approximate surface area is 144 Å². The highest BCUT2D eigenvalue weighted by Gasteiger charge is 2.26. The number of ether oxygens (including phenoxy) is 1. The number of carbonyl (C=O) groups is 1. The first kappa shape index (κ1) is 16.7.